The molecule has 0 aliphatic carbocycles. The minimum atomic E-state index is -1.24. The van der Waals surface area contributed by atoms with Gasteiger partial charge in [0.05, 0.1) is 12.7 Å². The van der Waals surface area contributed by atoms with Crippen LogP contribution in [0.4, 0.5) is 0 Å². The number of hydrogen-bond acceptors (Lipinski definition) is 4. The van der Waals surface area contributed by atoms with Crippen LogP contribution in [0.3, 0.4) is 0 Å². The number of ether oxygens (including phenoxy) is 2. The van der Waals surface area contributed by atoms with E-state index in [2.05, 4.69) is 6.92 Å². The van der Waals surface area contributed by atoms with Gasteiger partial charge in [-0.2, -0.15) is 0 Å². The SMILES string of the molecule is CCCCCCC(C)OC(=O)C(C)(C)C(=O)OCC(C)C. The molecule has 0 bridgehead atoms. The topological polar surface area (TPSA) is 52.6 Å². The number of hydrogen-bond donors (Lipinski definition) is 0. The maximum Gasteiger partial charge on any atom is 0.323 e. The minimum absolute atomic E-state index is 0.161. The molecule has 0 spiro atoms. The Labute approximate surface area is 129 Å². The van der Waals surface area contributed by atoms with Crippen molar-refractivity contribution in [1.82, 2.24) is 0 Å². The van der Waals surface area contributed by atoms with E-state index >= 15 is 0 Å². The molecule has 0 aromatic carbocycles. The Morgan fingerprint density at radius 1 is 1.00 bits per heavy atom. The summed E-state index contributed by atoms with van der Waals surface area (Å²) in [4.78, 5) is 24.1. The molecule has 0 radical (unpaired) electrons. The van der Waals surface area contributed by atoms with E-state index in [0.29, 0.717) is 6.61 Å². The monoisotopic (exact) mass is 300 g/mol. The van der Waals surface area contributed by atoms with Crippen LogP contribution < -0.4 is 0 Å². The molecule has 0 saturated heterocycles. The zero-order valence-electron chi connectivity index (χ0n) is 14.5. The molecule has 0 aliphatic heterocycles. The zero-order valence-corrected chi connectivity index (χ0v) is 14.5. The van der Waals surface area contributed by atoms with Crippen LogP contribution in [0.15, 0.2) is 0 Å². The van der Waals surface area contributed by atoms with E-state index in [1.54, 1.807) is 13.8 Å². The Hall–Kier alpha value is -1.06. The van der Waals surface area contributed by atoms with Gasteiger partial charge in [-0.1, -0.05) is 40.0 Å². The summed E-state index contributed by atoms with van der Waals surface area (Å²) in [5.74, 6) is -0.767. The van der Waals surface area contributed by atoms with Crippen LogP contribution in [-0.2, 0) is 19.1 Å². The van der Waals surface area contributed by atoms with Gasteiger partial charge in [0, 0.05) is 0 Å². The van der Waals surface area contributed by atoms with Gasteiger partial charge < -0.3 is 9.47 Å². The Balaban J connectivity index is 4.24. The second kappa shape index (κ2) is 9.80. The Morgan fingerprint density at radius 3 is 2.14 bits per heavy atom. The van der Waals surface area contributed by atoms with E-state index in [0.717, 1.165) is 19.3 Å². The lowest BCUT2D eigenvalue weighted by Gasteiger charge is -2.23. The number of carbonyl (C=O) groups is 2. The van der Waals surface area contributed by atoms with Crippen molar-refractivity contribution in [1.29, 1.82) is 0 Å². The zero-order chi connectivity index (χ0) is 16.5. The van der Waals surface area contributed by atoms with Crippen molar-refractivity contribution < 1.29 is 19.1 Å². The highest BCUT2D eigenvalue weighted by atomic mass is 16.6. The lowest BCUT2D eigenvalue weighted by atomic mass is 9.94. The van der Waals surface area contributed by atoms with Crippen LogP contribution in [0.25, 0.3) is 0 Å². The van der Waals surface area contributed by atoms with E-state index in [4.69, 9.17) is 9.47 Å². The standard InChI is InChI=1S/C17H32O4/c1-7-8-9-10-11-14(4)21-16(19)17(5,6)15(18)20-12-13(2)3/h13-14H,7-12H2,1-6H3. The van der Waals surface area contributed by atoms with Crippen molar-refractivity contribution in [2.45, 2.75) is 79.8 Å². The van der Waals surface area contributed by atoms with E-state index in [1.165, 1.54) is 12.8 Å². The summed E-state index contributed by atoms with van der Waals surface area (Å²) in [6.07, 6.45) is 5.25. The van der Waals surface area contributed by atoms with Gasteiger partial charge in [0.2, 0.25) is 0 Å². The minimum Gasteiger partial charge on any atom is -0.465 e. The first-order valence-corrected chi connectivity index (χ1v) is 8.10. The van der Waals surface area contributed by atoms with Crippen LogP contribution >= 0.6 is 0 Å². The molecule has 0 fully saturated rings. The molecule has 0 saturated carbocycles. The number of carbonyl (C=O) groups excluding carboxylic acids is 2. The first-order valence-electron chi connectivity index (χ1n) is 8.10. The first-order chi connectivity index (χ1) is 9.71. The van der Waals surface area contributed by atoms with Crippen molar-refractivity contribution >= 4 is 11.9 Å². The quantitative estimate of drug-likeness (QED) is 0.346. The van der Waals surface area contributed by atoms with Gasteiger partial charge >= 0.3 is 11.9 Å². The van der Waals surface area contributed by atoms with Gasteiger partial charge in [0.25, 0.3) is 0 Å². The smallest absolute Gasteiger partial charge is 0.323 e. The molecule has 0 aromatic rings. The number of unbranched alkanes of at least 4 members (excludes halogenated alkanes) is 3. The second-order valence-electron chi connectivity index (χ2n) is 6.68. The van der Waals surface area contributed by atoms with Crippen molar-refractivity contribution in [2.75, 3.05) is 6.61 Å². The van der Waals surface area contributed by atoms with Crippen molar-refractivity contribution in [3.8, 4) is 0 Å². The summed E-state index contributed by atoms with van der Waals surface area (Å²) in [6.45, 7) is 11.4. The summed E-state index contributed by atoms with van der Waals surface area (Å²) < 4.78 is 10.5. The molecule has 4 nitrogen and oxygen atoms in total. The summed E-state index contributed by atoms with van der Waals surface area (Å²) in [5, 5.41) is 0. The summed E-state index contributed by atoms with van der Waals surface area (Å²) in [6, 6.07) is 0. The summed E-state index contributed by atoms with van der Waals surface area (Å²) in [7, 11) is 0. The molecular formula is C17H32O4. The molecule has 21 heavy (non-hydrogen) atoms. The van der Waals surface area contributed by atoms with Crippen molar-refractivity contribution in [2.24, 2.45) is 11.3 Å². The predicted molar refractivity (Wildman–Crippen MR) is 83.9 cm³/mol. The molecule has 0 aromatic heterocycles. The lowest BCUT2D eigenvalue weighted by Crippen LogP contribution is -2.38. The maximum absolute atomic E-state index is 12.1. The van der Waals surface area contributed by atoms with E-state index in [1.807, 2.05) is 20.8 Å². The molecule has 0 rings (SSSR count). The van der Waals surface area contributed by atoms with Crippen molar-refractivity contribution in [3.63, 3.8) is 0 Å². The van der Waals surface area contributed by atoms with Gasteiger partial charge in [-0.3, -0.25) is 9.59 Å². The Bertz CT molecular complexity index is 321. The van der Waals surface area contributed by atoms with Gasteiger partial charge in [-0.25, -0.2) is 0 Å². The summed E-state index contributed by atoms with van der Waals surface area (Å²) in [5.41, 5.74) is -1.24. The highest BCUT2D eigenvalue weighted by Crippen LogP contribution is 2.22. The maximum atomic E-state index is 12.1. The largest absolute Gasteiger partial charge is 0.465 e. The molecule has 0 heterocycles. The van der Waals surface area contributed by atoms with E-state index in [-0.39, 0.29) is 12.0 Å². The van der Waals surface area contributed by atoms with Gasteiger partial charge in [0.1, 0.15) is 0 Å². The van der Waals surface area contributed by atoms with Gasteiger partial charge in [0.15, 0.2) is 5.41 Å². The van der Waals surface area contributed by atoms with Crippen LogP contribution in [0, 0.1) is 11.3 Å². The number of rotatable bonds is 10. The fourth-order valence-electron chi connectivity index (χ4n) is 1.75. The van der Waals surface area contributed by atoms with Gasteiger partial charge in [-0.05, 0) is 39.5 Å². The predicted octanol–water partition coefficient (Wildman–Crippen LogP) is 4.11. The third-order valence-electron chi connectivity index (χ3n) is 3.34. The average Bonchev–Trinajstić information content (AvgIpc) is 2.40. The van der Waals surface area contributed by atoms with Crippen LogP contribution in [0.2, 0.25) is 0 Å². The normalized spacial score (nSPS) is 13.1. The van der Waals surface area contributed by atoms with Crippen molar-refractivity contribution in [3.05, 3.63) is 0 Å². The van der Waals surface area contributed by atoms with E-state index in [9.17, 15) is 9.59 Å². The molecule has 0 aliphatic rings. The highest BCUT2D eigenvalue weighted by Gasteiger charge is 2.40. The van der Waals surface area contributed by atoms with Crippen LogP contribution in [0.1, 0.15) is 73.6 Å². The average molecular weight is 300 g/mol. The molecule has 1 unspecified atom stereocenters. The van der Waals surface area contributed by atoms with Crippen LogP contribution in [-0.4, -0.2) is 24.6 Å². The molecule has 0 amide bonds. The number of esters is 2. The van der Waals surface area contributed by atoms with E-state index < -0.39 is 17.4 Å². The van der Waals surface area contributed by atoms with Crippen LogP contribution in [0.5, 0.6) is 0 Å². The van der Waals surface area contributed by atoms with Gasteiger partial charge in [-0.15, -0.1) is 0 Å². The molecule has 124 valence electrons. The molecule has 0 N–H and O–H groups in total. The first kappa shape index (κ1) is 19.9. The highest BCUT2D eigenvalue weighted by molar-refractivity contribution is 5.99. The fourth-order valence-corrected chi connectivity index (χ4v) is 1.75. The molecule has 4 heteroatoms. The lowest BCUT2D eigenvalue weighted by molar-refractivity contribution is -0.173. The molecule has 1 atom stereocenters. The third kappa shape index (κ3) is 8.08. The Morgan fingerprint density at radius 2 is 1.62 bits per heavy atom. The summed E-state index contributed by atoms with van der Waals surface area (Å²) >= 11 is 0. The Kier molecular flexibility index (Phi) is 9.31. The fraction of sp³-hybridized carbons (Fsp3) is 0.882. The third-order valence-corrected chi connectivity index (χ3v) is 3.34. The molecular weight excluding hydrogens is 268 g/mol. The second-order valence-corrected chi connectivity index (χ2v) is 6.68.